The highest BCUT2D eigenvalue weighted by molar-refractivity contribution is 5.95. The van der Waals surface area contributed by atoms with Gasteiger partial charge in [-0.25, -0.2) is 9.31 Å². The van der Waals surface area contributed by atoms with Gasteiger partial charge in [0.25, 0.3) is 0 Å². The lowest BCUT2D eigenvalue weighted by molar-refractivity contribution is 0.0698. The van der Waals surface area contributed by atoms with Crippen molar-refractivity contribution in [3.63, 3.8) is 0 Å². The lowest BCUT2D eigenvalue weighted by Crippen LogP contribution is -2.46. The van der Waals surface area contributed by atoms with Gasteiger partial charge < -0.3 is 25.4 Å². The summed E-state index contributed by atoms with van der Waals surface area (Å²) in [4.78, 5) is 20.0. The lowest BCUT2D eigenvalue weighted by atomic mass is 10.2. The summed E-state index contributed by atoms with van der Waals surface area (Å²) in [6.45, 7) is 3.07. The molecule has 0 unspecified atom stereocenters. The number of rotatable bonds is 4. The second-order valence-corrected chi connectivity index (χ2v) is 6.30. The van der Waals surface area contributed by atoms with Crippen molar-refractivity contribution >= 4 is 28.9 Å². The van der Waals surface area contributed by atoms with Crippen LogP contribution < -0.4 is 20.3 Å². The number of hydrogen-bond donors (Lipinski definition) is 2. The van der Waals surface area contributed by atoms with Crippen molar-refractivity contribution in [3.05, 3.63) is 42.1 Å². The SMILES string of the molecule is COc1ccccc1N1CCN(c2cc(C(=O)O)c3nc(N)nn3c2)CC1. The van der Waals surface area contributed by atoms with Gasteiger partial charge in [0.1, 0.15) is 11.3 Å². The Labute approximate surface area is 155 Å². The van der Waals surface area contributed by atoms with E-state index in [2.05, 4.69) is 19.9 Å². The maximum atomic E-state index is 11.6. The van der Waals surface area contributed by atoms with E-state index >= 15 is 0 Å². The molecule has 0 saturated carbocycles. The second-order valence-electron chi connectivity index (χ2n) is 6.30. The number of para-hydroxylation sites is 2. The summed E-state index contributed by atoms with van der Waals surface area (Å²) in [5.74, 6) is -0.156. The maximum Gasteiger partial charge on any atom is 0.339 e. The predicted octanol–water partition coefficient (Wildman–Crippen LogP) is 1.34. The number of nitrogens with two attached hydrogens (primary N) is 1. The van der Waals surface area contributed by atoms with E-state index < -0.39 is 5.97 Å². The molecule has 3 N–H and O–H groups in total. The molecule has 9 nitrogen and oxygen atoms in total. The molecule has 0 radical (unpaired) electrons. The third kappa shape index (κ3) is 3.07. The van der Waals surface area contributed by atoms with Crippen molar-refractivity contribution in [1.82, 2.24) is 14.6 Å². The third-order valence-corrected chi connectivity index (χ3v) is 4.74. The van der Waals surface area contributed by atoms with Crippen LogP contribution in [0.1, 0.15) is 10.4 Å². The molecule has 27 heavy (non-hydrogen) atoms. The highest BCUT2D eigenvalue weighted by Crippen LogP contribution is 2.29. The van der Waals surface area contributed by atoms with Crippen LogP contribution in [-0.4, -0.2) is 59.0 Å². The van der Waals surface area contributed by atoms with Crippen molar-refractivity contribution in [3.8, 4) is 5.75 Å². The molecule has 0 atom stereocenters. The van der Waals surface area contributed by atoms with Crippen molar-refractivity contribution in [1.29, 1.82) is 0 Å². The van der Waals surface area contributed by atoms with E-state index in [1.54, 1.807) is 19.4 Å². The topological polar surface area (TPSA) is 109 Å². The zero-order chi connectivity index (χ0) is 19.0. The minimum Gasteiger partial charge on any atom is -0.495 e. The van der Waals surface area contributed by atoms with E-state index in [0.717, 1.165) is 43.3 Å². The zero-order valence-corrected chi connectivity index (χ0v) is 14.9. The Kier molecular flexibility index (Phi) is 4.19. The molecule has 140 valence electrons. The number of pyridine rings is 1. The first kappa shape index (κ1) is 17.0. The summed E-state index contributed by atoms with van der Waals surface area (Å²) in [6, 6.07) is 9.56. The van der Waals surface area contributed by atoms with E-state index in [4.69, 9.17) is 10.5 Å². The highest BCUT2D eigenvalue weighted by Gasteiger charge is 2.22. The van der Waals surface area contributed by atoms with Crippen LogP contribution in [0.2, 0.25) is 0 Å². The van der Waals surface area contributed by atoms with Gasteiger partial charge in [-0.1, -0.05) is 12.1 Å². The minimum atomic E-state index is -1.05. The van der Waals surface area contributed by atoms with E-state index in [1.165, 1.54) is 4.52 Å². The Morgan fingerprint density at radius 3 is 2.59 bits per heavy atom. The van der Waals surface area contributed by atoms with Crippen molar-refractivity contribution < 1.29 is 14.6 Å². The van der Waals surface area contributed by atoms with Crippen LogP contribution in [0.4, 0.5) is 17.3 Å². The van der Waals surface area contributed by atoms with E-state index in [9.17, 15) is 9.90 Å². The fraction of sp³-hybridized carbons (Fsp3) is 0.278. The molecule has 1 aliphatic rings. The van der Waals surface area contributed by atoms with Gasteiger partial charge in [-0.15, -0.1) is 5.10 Å². The molecule has 0 bridgehead atoms. The van der Waals surface area contributed by atoms with E-state index in [1.807, 2.05) is 24.3 Å². The quantitative estimate of drug-likeness (QED) is 0.710. The van der Waals surface area contributed by atoms with Gasteiger partial charge >= 0.3 is 5.97 Å². The van der Waals surface area contributed by atoms with Gasteiger partial charge in [-0.05, 0) is 18.2 Å². The minimum absolute atomic E-state index is 0.0515. The highest BCUT2D eigenvalue weighted by atomic mass is 16.5. The second kappa shape index (κ2) is 6.67. The Morgan fingerprint density at radius 1 is 1.19 bits per heavy atom. The molecule has 1 saturated heterocycles. The number of carboxylic acid groups (broad SMARTS) is 1. The Morgan fingerprint density at radius 2 is 1.89 bits per heavy atom. The Balaban J connectivity index is 1.58. The van der Waals surface area contributed by atoms with Gasteiger partial charge in [0, 0.05) is 26.2 Å². The van der Waals surface area contributed by atoms with E-state index in [0.29, 0.717) is 0 Å². The summed E-state index contributed by atoms with van der Waals surface area (Å²) < 4.78 is 6.88. The van der Waals surface area contributed by atoms with Crippen LogP contribution in [0.3, 0.4) is 0 Å². The van der Waals surface area contributed by atoms with Gasteiger partial charge in [0.05, 0.1) is 24.7 Å². The van der Waals surface area contributed by atoms with Crippen LogP contribution in [0.25, 0.3) is 5.65 Å². The number of anilines is 3. The van der Waals surface area contributed by atoms with Crippen LogP contribution >= 0.6 is 0 Å². The first-order valence-electron chi connectivity index (χ1n) is 8.59. The van der Waals surface area contributed by atoms with Gasteiger partial charge in [0.15, 0.2) is 5.65 Å². The number of piperazine rings is 1. The van der Waals surface area contributed by atoms with Crippen LogP contribution in [0, 0.1) is 0 Å². The monoisotopic (exact) mass is 368 g/mol. The summed E-state index contributed by atoms with van der Waals surface area (Å²) in [5, 5.41) is 13.6. The fourth-order valence-corrected chi connectivity index (χ4v) is 3.42. The van der Waals surface area contributed by atoms with E-state index in [-0.39, 0.29) is 17.2 Å². The number of carbonyl (C=O) groups is 1. The predicted molar refractivity (Wildman–Crippen MR) is 102 cm³/mol. The van der Waals surface area contributed by atoms with Crippen molar-refractivity contribution in [2.45, 2.75) is 0 Å². The number of aromatic carboxylic acids is 1. The van der Waals surface area contributed by atoms with Gasteiger partial charge in [0.2, 0.25) is 5.95 Å². The van der Waals surface area contributed by atoms with Crippen molar-refractivity contribution in [2.24, 2.45) is 0 Å². The number of nitrogen functional groups attached to an aromatic ring is 1. The Hall–Kier alpha value is -3.49. The molecular weight excluding hydrogens is 348 g/mol. The molecule has 1 aliphatic heterocycles. The molecule has 0 aliphatic carbocycles. The molecule has 3 aromatic rings. The number of ether oxygens (including phenoxy) is 1. The molecule has 9 heteroatoms. The summed E-state index contributed by atoms with van der Waals surface area (Å²) in [5.41, 5.74) is 7.81. The standard InChI is InChI=1S/C18H20N6O3/c1-27-15-5-3-2-4-14(15)23-8-6-22(7-9-23)12-10-13(17(25)26)16-20-18(19)21-24(16)11-12/h2-5,10-11H,6-9H2,1H3,(H2,19,21)(H,25,26). The molecule has 0 amide bonds. The molecular formula is C18H20N6O3. The number of aromatic nitrogens is 3. The smallest absolute Gasteiger partial charge is 0.339 e. The van der Waals surface area contributed by atoms with Crippen LogP contribution in [0.5, 0.6) is 5.75 Å². The molecule has 1 fully saturated rings. The number of methoxy groups -OCH3 is 1. The molecule has 3 heterocycles. The average Bonchev–Trinajstić information content (AvgIpc) is 3.07. The van der Waals surface area contributed by atoms with Crippen LogP contribution in [0.15, 0.2) is 36.5 Å². The summed E-state index contributed by atoms with van der Waals surface area (Å²) >= 11 is 0. The summed E-state index contributed by atoms with van der Waals surface area (Å²) in [6.07, 6.45) is 1.77. The van der Waals surface area contributed by atoms with Crippen molar-refractivity contribution in [2.75, 3.05) is 48.8 Å². The Bertz CT molecular complexity index is 994. The first-order valence-corrected chi connectivity index (χ1v) is 8.59. The average molecular weight is 368 g/mol. The maximum absolute atomic E-state index is 11.6. The number of hydrogen-bond acceptors (Lipinski definition) is 7. The largest absolute Gasteiger partial charge is 0.495 e. The zero-order valence-electron chi connectivity index (χ0n) is 14.9. The summed E-state index contributed by atoms with van der Waals surface area (Å²) in [7, 11) is 1.67. The van der Waals surface area contributed by atoms with Gasteiger partial charge in [-0.2, -0.15) is 4.98 Å². The van der Waals surface area contributed by atoms with Crippen LogP contribution in [-0.2, 0) is 0 Å². The molecule has 1 aromatic carbocycles. The number of fused-ring (bicyclic) bond motifs is 1. The first-order chi connectivity index (χ1) is 13.1. The lowest BCUT2D eigenvalue weighted by Gasteiger charge is -2.37. The third-order valence-electron chi connectivity index (χ3n) is 4.74. The normalized spacial score (nSPS) is 14.6. The molecule has 4 rings (SSSR count). The fourth-order valence-electron chi connectivity index (χ4n) is 3.42. The van der Waals surface area contributed by atoms with Gasteiger partial charge in [-0.3, -0.25) is 0 Å². The number of nitrogens with zero attached hydrogens (tertiary/aromatic N) is 5. The molecule has 0 spiro atoms. The molecule has 2 aromatic heterocycles. The number of benzene rings is 1. The number of carboxylic acids is 1.